The van der Waals surface area contributed by atoms with Crippen LogP contribution in [0.5, 0.6) is 0 Å². The topological polar surface area (TPSA) is 14.1 Å². The molecule has 0 aromatic heterocycles. The lowest BCUT2D eigenvalue weighted by atomic mass is 9.96. The zero-order chi connectivity index (χ0) is 14.2. The van der Waals surface area contributed by atoms with Crippen molar-refractivity contribution in [2.75, 3.05) is 0 Å². The smallest absolute Gasteiger partial charge is 0.0439 e. The summed E-state index contributed by atoms with van der Waals surface area (Å²) < 4.78 is 0. The van der Waals surface area contributed by atoms with Crippen molar-refractivity contribution in [2.45, 2.75) is 90.9 Å². The first-order valence-electron chi connectivity index (χ1n) is 8.96. The molecule has 1 atom stereocenters. The van der Waals surface area contributed by atoms with Crippen molar-refractivity contribution in [3.63, 3.8) is 0 Å². The largest absolute Gasteiger partial charge is 0.257 e. The van der Waals surface area contributed by atoms with Crippen molar-refractivity contribution in [1.29, 1.82) is 0 Å². The Balaban J connectivity index is 1.58. The molecule has 20 heavy (non-hydrogen) atoms. The molecule has 0 saturated carbocycles. The summed E-state index contributed by atoms with van der Waals surface area (Å²) in [6.45, 7) is 4.65. The first kappa shape index (κ1) is 15.7. The highest BCUT2D eigenvalue weighted by Crippen LogP contribution is 2.34. The van der Waals surface area contributed by atoms with Gasteiger partial charge in [-0.15, -0.1) is 0 Å². The molecule has 1 heteroatoms. The van der Waals surface area contributed by atoms with Crippen LogP contribution in [-0.4, -0.2) is 0 Å². The first-order valence-corrected chi connectivity index (χ1v) is 8.96. The molecule has 1 radical (unpaired) electrons. The van der Waals surface area contributed by atoms with E-state index < -0.39 is 0 Å². The third-order valence-electron chi connectivity index (χ3n) is 4.81. The molecule has 1 aliphatic carbocycles. The molecule has 2 aliphatic rings. The normalized spacial score (nSPS) is 19.6. The molecule has 0 aromatic carbocycles. The third kappa shape index (κ3) is 4.68. The standard InChI is InChI=1S/C19H32N/c1-3-4-5-6-7-8-9-12-16(2)19-15-17-13-10-11-14-18(17)20-19/h15-16H,3-14H2,1-2H3. The molecule has 0 saturated heterocycles. The van der Waals surface area contributed by atoms with E-state index in [0.717, 1.165) is 0 Å². The molecule has 0 aromatic rings. The molecule has 1 nitrogen and oxygen atoms in total. The molecule has 1 unspecified atom stereocenters. The molecule has 1 heterocycles. The Morgan fingerprint density at radius 3 is 2.45 bits per heavy atom. The number of hydrogen-bond acceptors (Lipinski definition) is 0. The minimum absolute atomic E-state index is 0.663. The van der Waals surface area contributed by atoms with E-state index >= 15 is 0 Å². The van der Waals surface area contributed by atoms with Crippen LogP contribution in [0.3, 0.4) is 0 Å². The van der Waals surface area contributed by atoms with Gasteiger partial charge in [0.25, 0.3) is 0 Å². The van der Waals surface area contributed by atoms with Crippen molar-refractivity contribution in [3.8, 4) is 0 Å². The summed E-state index contributed by atoms with van der Waals surface area (Å²) in [4.78, 5) is 0. The van der Waals surface area contributed by atoms with Gasteiger partial charge in [-0.3, -0.25) is 5.32 Å². The Bertz CT molecular complexity index is 351. The van der Waals surface area contributed by atoms with E-state index in [1.807, 2.05) is 0 Å². The summed E-state index contributed by atoms with van der Waals surface area (Å²) in [6.07, 6.45) is 18.8. The maximum absolute atomic E-state index is 4.89. The Labute approximate surface area is 125 Å². The van der Waals surface area contributed by atoms with Crippen LogP contribution in [0.15, 0.2) is 23.0 Å². The lowest BCUT2D eigenvalue weighted by Crippen LogP contribution is -2.09. The average molecular weight is 274 g/mol. The number of allylic oxidation sites excluding steroid dienone is 4. The third-order valence-corrected chi connectivity index (χ3v) is 4.81. The van der Waals surface area contributed by atoms with Gasteiger partial charge in [-0.2, -0.15) is 0 Å². The van der Waals surface area contributed by atoms with Crippen molar-refractivity contribution >= 4 is 0 Å². The Morgan fingerprint density at radius 2 is 1.70 bits per heavy atom. The summed E-state index contributed by atoms with van der Waals surface area (Å²) in [5, 5.41) is 4.89. The van der Waals surface area contributed by atoms with Gasteiger partial charge in [0.05, 0.1) is 0 Å². The van der Waals surface area contributed by atoms with Gasteiger partial charge in [0.1, 0.15) is 0 Å². The Hall–Kier alpha value is -0.720. The van der Waals surface area contributed by atoms with Crippen molar-refractivity contribution in [1.82, 2.24) is 5.32 Å². The van der Waals surface area contributed by atoms with Gasteiger partial charge in [-0.05, 0) is 49.7 Å². The van der Waals surface area contributed by atoms with Crippen LogP contribution in [0.25, 0.3) is 0 Å². The predicted octanol–water partition coefficient (Wildman–Crippen LogP) is 6.09. The fourth-order valence-electron chi connectivity index (χ4n) is 3.37. The molecule has 1 aliphatic heterocycles. The number of rotatable bonds is 9. The van der Waals surface area contributed by atoms with Crippen LogP contribution in [0.4, 0.5) is 0 Å². The molecule has 0 bridgehead atoms. The predicted molar refractivity (Wildman–Crippen MR) is 87.5 cm³/mol. The quantitative estimate of drug-likeness (QED) is 0.451. The minimum atomic E-state index is 0.663. The number of hydrogen-bond donors (Lipinski definition) is 0. The summed E-state index contributed by atoms with van der Waals surface area (Å²) >= 11 is 0. The van der Waals surface area contributed by atoms with E-state index in [9.17, 15) is 0 Å². The van der Waals surface area contributed by atoms with E-state index in [-0.39, 0.29) is 0 Å². The molecule has 2 rings (SSSR count). The van der Waals surface area contributed by atoms with Crippen LogP contribution in [0, 0.1) is 5.92 Å². The van der Waals surface area contributed by atoms with Crippen LogP contribution in [0.1, 0.15) is 90.9 Å². The average Bonchev–Trinajstić information content (AvgIpc) is 2.90. The molecule has 0 fully saturated rings. The zero-order valence-corrected chi connectivity index (χ0v) is 13.6. The number of unbranched alkanes of at least 4 members (excludes halogenated alkanes) is 6. The molecular formula is C19H32N. The molecule has 0 N–H and O–H groups in total. The van der Waals surface area contributed by atoms with Gasteiger partial charge >= 0.3 is 0 Å². The second-order valence-electron chi connectivity index (χ2n) is 6.67. The highest BCUT2D eigenvalue weighted by molar-refractivity contribution is 5.38. The Morgan fingerprint density at radius 1 is 1.00 bits per heavy atom. The van der Waals surface area contributed by atoms with Gasteiger partial charge in [-0.25, -0.2) is 0 Å². The lowest BCUT2D eigenvalue weighted by molar-refractivity contribution is 0.510. The van der Waals surface area contributed by atoms with E-state index in [1.165, 1.54) is 88.4 Å². The van der Waals surface area contributed by atoms with Crippen molar-refractivity contribution in [3.05, 3.63) is 23.0 Å². The van der Waals surface area contributed by atoms with Crippen LogP contribution in [0.2, 0.25) is 0 Å². The van der Waals surface area contributed by atoms with Crippen LogP contribution < -0.4 is 5.32 Å². The van der Waals surface area contributed by atoms with Crippen molar-refractivity contribution in [2.24, 2.45) is 5.92 Å². The van der Waals surface area contributed by atoms with Crippen LogP contribution in [-0.2, 0) is 0 Å². The second kappa shape index (κ2) is 8.54. The summed E-state index contributed by atoms with van der Waals surface area (Å²) in [5.74, 6) is 0.663. The van der Waals surface area contributed by atoms with E-state index in [2.05, 4.69) is 19.9 Å². The van der Waals surface area contributed by atoms with Gasteiger partial charge in [0.2, 0.25) is 0 Å². The molecule has 113 valence electrons. The molecular weight excluding hydrogens is 242 g/mol. The highest BCUT2D eigenvalue weighted by atomic mass is 14.9. The fourth-order valence-corrected chi connectivity index (χ4v) is 3.37. The second-order valence-corrected chi connectivity index (χ2v) is 6.67. The van der Waals surface area contributed by atoms with E-state index in [0.29, 0.717) is 5.92 Å². The van der Waals surface area contributed by atoms with Gasteiger partial charge in [-0.1, -0.05) is 58.8 Å². The van der Waals surface area contributed by atoms with Crippen molar-refractivity contribution < 1.29 is 0 Å². The van der Waals surface area contributed by atoms with Gasteiger partial charge in [0.15, 0.2) is 0 Å². The van der Waals surface area contributed by atoms with E-state index in [1.54, 1.807) is 5.57 Å². The first-order chi connectivity index (χ1) is 9.81. The summed E-state index contributed by atoms with van der Waals surface area (Å²) in [7, 11) is 0. The zero-order valence-electron chi connectivity index (χ0n) is 13.6. The summed E-state index contributed by atoms with van der Waals surface area (Å²) in [5.41, 5.74) is 4.35. The fraction of sp³-hybridized carbons (Fsp3) is 0.789. The van der Waals surface area contributed by atoms with Crippen LogP contribution >= 0.6 is 0 Å². The maximum Gasteiger partial charge on any atom is 0.0439 e. The minimum Gasteiger partial charge on any atom is -0.257 e. The SMILES string of the molecule is CCCCCCCCCC(C)C1=CC2=C(CCCC2)[N]1. The van der Waals surface area contributed by atoms with E-state index in [4.69, 9.17) is 5.32 Å². The maximum atomic E-state index is 4.89. The van der Waals surface area contributed by atoms with Gasteiger partial charge < -0.3 is 0 Å². The Kier molecular flexibility index (Phi) is 6.69. The lowest BCUT2D eigenvalue weighted by Gasteiger charge is -2.14. The molecule has 0 amide bonds. The number of nitrogens with zero attached hydrogens (tertiary/aromatic N) is 1. The van der Waals surface area contributed by atoms with Gasteiger partial charge in [0, 0.05) is 11.4 Å². The summed E-state index contributed by atoms with van der Waals surface area (Å²) in [6, 6.07) is 0. The highest BCUT2D eigenvalue weighted by Gasteiger charge is 2.22. The molecule has 0 spiro atoms. The monoisotopic (exact) mass is 274 g/mol.